The number of halogens is 1. The number of rotatable bonds is 4. The van der Waals surface area contributed by atoms with Crippen LogP contribution >= 0.6 is 11.6 Å². The highest BCUT2D eigenvalue weighted by Gasteiger charge is 2.32. The molecule has 1 aromatic carbocycles. The Labute approximate surface area is 169 Å². The second kappa shape index (κ2) is 8.93. The Kier molecular flexibility index (Phi) is 6.36. The van der Waals surface area contributed by atoms with Crippen molar-refractivity contribution >= 4 is 29.2 Å². The number of piperidine rings is 1. The Morgan fingerprint density at radius 2 is 1.96 bits per heavy atom. The third-order valence-electron chi connectivity index (χ3n) is 4.90. The molecule has 1 aromatic heterocycles. The van der Waals surface area contributed by atoms with E-state index in [9.17, 15) is 9.59 Å². The molecule has 1 aliphatic rings. The van der Waals surface area contributed by atoms with Crippen LogP contribution in [-0.2, 0) is 4.79 Å². The summed E-state index contributed by atoms with van der Waals surface area (Å²) >= 11 is 5.77. The van der Waals surface area contributed by atoms with Crippen molar-refractivity contribution in [3.05, 3.63) is 53.3 Å². The number of nitrogens with zero attached hydrogens (tertiary/aromatic N) is 2. The zero-order chi connectivity index (χ0) is 20.1. The summed E-state index contributed by atoms with van der Waals surface area (Å²) in [6.45, 7) is 2.66. The molecule has 0 spiro atoms. The number of amides is 3. The molecule has 1 fully saturated rings. The van der Waals surface area contributed by atoms with Crippen LogP contribution in [0.5, 0.6) is 5.75 Å². The molecule has 1 unspecified atom stereocenters. The van der Waals surface area contributed by atoms with Gasteiger partial charge in [0.05, 0.1) is 25.0 Å². The lowest BCUT2D eigenvalue weighted by Gasteiger charge is -2.38. The van der Waals surface area contributed by atoms with Crippen molar-refractivity contribution in [3.8, 4) is 5.75 Å². The van der Waals surface area contributed by atoms with Crippen LogP contribution in [0.2, 0.25) is 5.15 Å². The van der Waals surface area contributed by atoms with Crippen LogP contribution < -0.4 is 15.4 Å². The van der Waals surface area contributed by atoms with Gasteiger partial charge >= 0.3 is 6.03 Å². The van der Waals surface area contributed by atoms with Gasteiger partial charge in [-0.15, -0.1) is 0 Å². The summed E-state index contributed by atoms with van der Waals surface area (Å²) in [5, 5.41) is 6.12. The maximum Gasteiger partial charge on any atom is 0.319 e. The molecule has 0 bridgehead atoms. The fraction of sp³-hybridized carbons (Fsp3) is 0.350. The molecule has 0 saturated carbocycles. The number of aromatic nitrogens is 1. The topological polar surface area (TPSA) is 83.6 Å². The Hall–Kier alpha value is -2.80. The standard InChI is InChI=1S/C20H23ClN4O3/c1-13(26)25-10-9-17(14-3-6-16(28-2)7-4-14)18(12-25)24-20(27)23-15-5-8-19(21)22-11-15/h3-8,11,17-18H,9-10,12H2,1-2H3,(H2,23,24,27)/t17?,18-/m1/s1. The van der Waals surface area contributed by atoms with Crippen molar-refractivity contribution in [3.63, 3.8) is 0 Å². The molecule has 2 N–H and O–H groups in total. The molecule has 28 heavy (non-hydrogen) atoms. The molecule has 0 radical (unpaired) electrons. The molecule has 3 amide bonds. The number of anilines is 1. The maximum atomic E-state index is 12.5. The molecule has 8 heteroatoms. The van der Waals surface area contributed by atoms with Crippen LogP contribution in [0.4, 0.5) is 10.5 Å². The van der Waals surface area contributed by atoms with E-state index in [4.69, 9.17) is 16.3 Å². The van der Waals surface area contributed by atoms with E-state index in [0.29, 0.717) is 23.9 Å². The largest absolute Gasteiger partial charge is 0.497 e. The number of benzene rings is 1. The second-order valence-electron chi connectivity index (χ2n) is 6.71. The minimum absolute atomic E-state index is 0.00212. The summed E-state index contributed by atoms with van der Waals surface area (Å²) < 4.78 is 5.22. The number of methoxy groups -OCH3 is 1. The first kappa shape index (κ1) is 19.9. The maximum absolute atomic E-state index is 12.5. The highest BCUT2D eigenvalue weighted by Crippen LogP contribution is 2.30. The normalized spacial score (nSPS) is 19.0. The summed E-state index contributed by atoms with van der Waals surface area (Å²) in [6, 6.07) is 10.5. The third kappa shape index (κ3) is 4.92. The lowest BCUT2D eigenvalue weighted by atomic mass is 9.85. The van der Waals surface area contributed by atoms with Crippen molar-refractivity contribution in [2.24, 2.45) is 0 Å². The first-order chi connectivity index (χ1) is 13.5. The van der Waals surface area contributed by atoms with E-state index in [1.54, 1.807) is 31.1 Å². The highest BCUT2D eigenvalue weighted by atomic mass is 35.5. The number of hydrogen-bond acceptors (Lipinski definition) is 4. The van der Waals surface area contributed by atoms with E-state index in [1.807, 2.05) is 24.3 Å². The van der Waals surface area contributed by atoms with E-state index < -0.39 is 0 Å². The Morgan fingerprint density at radius 1 is 1.21 bits per heavy atom. The number of nitrogens with one attached hydrogen (secondary N) is 2. The van der Waals surface area contributed by atoms with Gasteiger partial charge in [-0.05, 0) is 36.2 Å². The molecule has 0 aliphatic carbocycles. The average molecular weight is 403 g/mol. The summed E-state index contributed by atoms with van der Waals surface area (Å²) in [5.74, 6) is 0.875. The minimum atomic E-state index is -0.349. The van der Waals surface area contributed by atoms with E-state index in [2.05, 4.69) is 15.6 Å². The molecular formula is C20H23ClN4O3. The Balaban J connectivity index is 1.73. The summed E-state index contributed by atoms with van der Waals surface area (Å²) in [7, 11) is 1.63. The van der Waals surface area contributed by atoms with Gasteiger partial charge in [-0.3, -0.25) is 4.79 Å². The highest BCUT2D eigenvalue weighted by molar-refractivity contribution is 6.29. The number of carbonyl (C=O) groups is 2. The second-order valence-corrected chi connectivity index (χ2v) is 7.10. The number of pyridine rings is 1. The van der Waals surface area contributed by atoms with E-state index in [0.717, 1.165) is 17.7 Å². The van der Waals surface area contributed by atoms with Gasteiger partial charge in [0.2, 0.25) is 5.91 Å². The molecule has 148 valence electrons. The Morgan fingerprint density at radius 3 is 2.57 bits per heavy atom. The van der Waals surface area contributed by atoms with Crippen molar-refractivity contribution in [1.82, 2.24) is 15.2 Å². The van der Waals surface area contributed by atoms with Gasteiger partial charge in [-0.25, -0.2) is 9.78 Å². The number of hydrogen-bond donors (Lipinski definition) is 2. The monoisotopic (exact) mass is 402 g/mol. The van der Waals surface area contributed by atoms with Gasteiger partial charge in [-0.2, -0.15) is 0 Å². The average Bonchev–Trinajstić information content (AvgIpc) is 2.69. The molecular weight excluding hydrogens is 380 g/mol. The van der Waals surface area contributed by atoms with Gasteiger partial charge in [0, 0.05) is 25.9 Å². The molecule has 2 aromatic rings. The summed E-state index contributed by atoms with van der Waals surface area (Å²) in [5.41, 5.74) is 1.64. The number of likely N-dealkylation sites (tertiary alicyclic amines) is 1. The van der Waals surface area contributed by atoms with E-state index in [-0.39, 0.29) is 23.9 Å². The predicted molar refractivity (Wildman–Crippen MR) is 108 cm³/mol. The fourth-order valence-electron chi connectivity index (χ4n) is 3.42. The van der Waals surface area contributed by atoms with Crippen molar-refractivity contribution in [2.75, 3.05) is 25.5 Å². The van der Waals surface area contributed by atoms with E-state index in [1.165, 1.54) is 6.20 Å². The molecule has 1 aliphatic heterocycles. The fourth-order valence-corrected chi connectivity index (χ4v) is 3.53. The quantitative estimate of drug-likeness (QED) is 0.769. The van der Waals surface area contributed by atoms with Crippen molar-refractivity contribution in [2.45, 2.75) is 25.3 Å². The first-order valence-electron chi connectivity index (χ1n) is 9.05. The van der Waals surface area contributed by atoms with Gasteiger partial charge < -0.3 is 20.3 Å². The van der Waals surface area contributed by atoms with Crippen molar-refractivity contribution in [1.29, 1.82) is 0 Å². The lowest BCUT2D eigenvalue weighted by molar-refractivity contribution is -0.130. The zero-order valence-electron chi connectivity index (χ0n) is 15.8. The number of urea groups is 1. The van der Waals surface area contributed by atoms with Gasteiger partial charge in [0.15, 0.2) is 0 Å². The smallest absolute Gasteiger partial charge is 0.319 e. The molecule has 3 rings (SSSR count). The summed E-state index contributed by atoms with van der Waals surface area (Å²) in [4.78, 5) is 30.1. The van der Waals surface area contributed by atoms with Crippen LogP contribution in [0.15, 0.2) is 42.6 Å². The number of carbonyl (C=O) groups excluding carboxylic acids is 2. The third-order valence-corrected chi connectivity index (χ3v) is 5.13. The van der Waals surface area contributed by atoms with Gasteiger partial charge in [0.25, 0.3) is 0 Å². The SMILES string of the molecule is COc1ccc(C2CCN(C(C)=O)C[C@H]2NC(=O)Nc2ccc(Cl)nc2)cc1. The van der Waals surface area contributed by atoms with Crippen LogP contribution in [0.1, 0.15) is 24.8 Å². The van der Waals surface area contributed by atoms with Crippen LogP contribution in [0.25, 0.3) is 0 Å². The molecule has 1 saturated heterocycles. The van der Waals surface area contributed by atoms with Crippen LogP contribution in [-0.4, -0.2) is 48.1 Å². The Bertz CT molecular complexity index is 826. The van der Waals surface area contributed by atoms with Crippen LogP contribution in [0.3, 0.4) is 0 Å². The number of ether oxygens (including phenoxy) is 1. The van der Waals surface area contributed by atoms with Crippen LogP contribution in [0, 0.1) is 0 Å². The predicted octanol–water partition coefficient (Wildman–Crippen LogP) is 3.27. The van der Waals surface area contributed by atoms with Gasteiger partial charge in [-0.1, -0.05) is 23.7 Å². The first-order valence-corrected chi connectivity index (χ1v) is 9.42. The molecule has 2 atom stereocenters. The molecule has 2 heterocycles. The minimum Gasteiger partial charge on any atom is -0.497 e. The van der Waals surface area contributed by atoms with Crippen molar-refractivity contribution < 1.29 is 14.3 Å². The van der Waals surface area contributed by atoms with Gasteiger partial charge in [0.1, 0.15) is 10.9 Å². The zero-order valence-corrected chi connectivity index (χ0v) is 16.6. The van der Waals surface area contributed by atoms with E-state index >= 15 is 0 Å². The summed E-state index contributed by atoms with van der Waals surface area (Å²) in [6.07, 6.45) is 2.25. The molecule has 7 nitrogen and oxygen atoms in total. The lowest BCUT2D eigenvalue weighted by Crippen LogP contribution is -2.53.